The number of hydrogen-bond acceptors (Lipinski definition) is 2. The standard InChI is InChI=1S/C15H18OS/c1-3-15(16,14-12(2)9-10-17-14)11-13-7-5-4-6-8-13/h4-10,16H,3,11H2,1-2H3. The quantitative estimate of drug-likeness (QED) is 0.867. The summed E-state index contributed by atoms with van der Waals surface area (Å²) in [5.41, 5.74) is 1.65. The minimum atomic E-state index is -0.723. The predicted octanol–water partition coefficient (Wildman–Crippen LogP) is 3.90. The SMILES string of the molecule is CCC(O)(Cc1ccccc1)c1sccc1C. The van der Waals surface area contributed by atoms with E-state index in [1.165, 1.54) is 11.1 Å². The highest BCUT2D eigenvalue weighted by Crippen LogP contribution is 2.35. The summed E-state index contributed by atoms with van der Waals surface area (Å²) in [6, 6.07) is 12.3. The molecule has 0 amide bonds. The van der Waals surface area contributed by atoms with E-state index >= 15 is 0 Å². The lowest BCUT2D eigenvalue weighted by Crippen LogP contribution is -2.27. The maximum atomic E-state index is 10.8. The Labute approximate surface area is 107 Å². The van der Waals surface area contributed by atoms with E-state index < -0.39 is 5.60 Å². The molecule has 1 aromatic carbocycles. The number of hydrogen-bond donors (Lipinski definition) is 1. The van der Waals surface area contributed by atoms with Crippen molar-refractivity contribution in [2.24, 2.45) is 0 Å². The van der Waals surface area contributed by atoms with Crippen LogP contribution in [-0.2, 0) is 12.0 Å². The van der Waals surface area contributed by atoms with E-state index in [0.717, 1.165) is 11.3 Å². The molecule has 1 atom stereocenters. The minimum Gasteiger partial charge on any atom is -0.384 e. The maximum Gasteiger partial charge on any atom is 0.103 e. The van der Waals surface area contributed by atoms with Crippen LogP contribution in [0.15, 0.2) is 41.8 Å². The normalized spacial score (nSPS) is 14.5. The second kappa shape index (κ2) is 5.03. The van der Waals surface area contributed by atoms with Crippen molar-refractivity contribution in [1.82, 2.24) is 0 Å². The van der Waals surface area contributed by atoms with Gasteiger partial charge in [-0.25, -0.2) is 0 Å². The molecule has 0 bridgehead atoms. The van der Waals surface area contributed by atoms with Crippen LogP contribution in [0.4, 0.5) is 0 Å². The highest BCUT2D eigenvalue weighted by molar-refractivity contribution is 7.10. The van der Waals surface area contributed by atoms with Crippen molar-refractivity contribution in [3.05, 3.63) is 57.8 Å². The third-order valence-corrected chi connectivity index (χ3v) is 4.42. The Morgan fingerprint density at radius 1 is 1.18 bits per heavy atom. The van der Waals surface area contributed by atoms with Crippen LogP contribution >= 0.6 is 11.3 Å². The average molecular weight is 246 g/mol. The van der Waals surface area contributed by atoms with Gasteiger partial charge in [0.15, 0.2) is 0 Å². The number of rotatable bonds is 4. The Bertz CT molecular complexity index is 475. The van der Waals surface area contributed by atoms with E-state index in [1.54, 1.807) is 11.3 Å². The zero-order valence-electron chi connectivity index (χ0n) is 10.3. The van der Waals surface area contributed by atoms with Gasteiger partial charge in [0.1, 0.15) is 5.60 Å². The second-order valence-electron chi connectivity index (χ2n) is 4.48. The lowest BCUT2D eigenvalue weighted by atomic mass is 9.89. The largest absolute Gasteiger partial charge is 0.384 e. The van der Waals surface area contributed by atoms with Gasteiger partial charge in [0.25, 0.3) is 0 Å². The van der Waals surface area contributed by atoms with Crippen LogP contribution in [0, 0.1) is 6.92 Å². The fourth-order valence-corrected chi connectivity index (χ4v) is 3.25. The Kier molecular flexibility index (Phi) is 3.65. The number of aliphatic hydroxyl groups is 1. The molecule has 0 aliphatic carbocycles. The first-order valence-electron chi connectivity index (χ1n) is 5.96. The topological polar surface area (TPSA) is 20.2 Å². The molecule has 1 N–H and O–H groups in total. The predicted molar refractivity (Wildman–Crippen MR) is 73.4 cm³/mol. The molecule has 0 saturated heterocycles. The summed E-state index contributed by atoms with van der Waals surface area (Å²) in [6.07, 6.45) is 1.43. The molecule has 1 unspecified atom stereocenters. The third-order valence-electron chi connectivity index (χ3n) is 3.21. The summed E-state index contributed by atoms with van der Waals surface area (Å²) in [4.78, 5) is 1.10. The molecule has 2 aromatic rings. The first-order chi connectivity index (χ1) is 8.15. The number of thiophene rings is 1. The summed E-state index contributed by atoms with van der Waals surface area (Å²) in [6.45, 7) is 4.11. The van der Waals surface area contributed by atoms with Crippen molar-refractivity contribution in [2.45, 2.75) is 32.3 Å². The molecule has 0 fully saturated rings. The molecule has 17 heavy (non-hydrogen) atoms. The van der Waals surface area contributed by atoms with Crippen molar-refractivity contribution in [3.8, 4) is 0 Å². The Morgan fingerprint density at radius 3 is 2.41 bits per heavy atom. The van der Waals surface area contributed by atoms with E-state index in [9.17, 15) is 5.11 Å². The minimum absolute atomic E-state index is 0.686. The van der Waals surface area contributed by atoms with Crippen LogP contribution in [0.1, 0.15) is 29.3 Å². The molecule has 2 heteroatoms. The first kappa shape index (κ1) is 12.3. The van der Waals surface area contributed by atoms with Crippen LogP contribution in [0.5, 0.6) is 0 Å². The van der Waals surface area contributed by atoms with Crippen molar-refractivity contribution in [1.29, 1.82) is 0 Å². The second-order valence-corrected chi connectivity index (χ2v) is 5.40. The highest BCUT2D eigenvalue weighted by Gasteiger charge is 2.30. The number of benzene rings is 1. The van der Waals surface area contributed by atoms with Gasteiger partial charge in [-0.3, -0.25) is 0 Å². The molecule has 1 nitrogen and oxygen atoms in total. The highest BCUT2D eigenvalue weighted by atomic mass is 32.1. The van der Waals surface area contributed by atoms with E-state index in [1.807, 2.05) is 25.1 Å². The maximum absolute atomic E-state index is 10.8. The van der Waals surface area contributed by atoms with E-state index in [-0.39, 0.29) is 0 Å². The van der Waals surface area contributed by atoms with Crippen molar-refractivity contribution >= 4 is 11.3 Å². The van der Waals surface area contributed by atoms with Crippen LogP contribution < -0.4 is 0 Å². The molecular weight excluding hydrogens is 228 g/mol. The van der Waals surface area contributed by atoms with Gasteiger partial charge < -0.3 is 5.11 Å². The molecule has 90 valence electrons. The Balaban J connectivity index is 2.30. The molecule has 0 spiro atoms. The fraction of sp³-hybridized carbons (Fsp3) is 0.333. The van der Waals surface area contributed by atoms with Gasteiger partial charge in [0.2, 0.25) is 0 Å². The van der Waals surface area contributed by atoms with Gasteiger partial charge in [-0.1, -0.05) is 37.3 Å². The zero-order valence-corrected chi connectivity index (χ0v) is 11.1. The lowest BCUT2D eigenvalue weighted by Gasteiger charge is -2.27. The van der Waals surface area contributed by atoms with Crippen LogP contribution in [0.2, 0.25) is 0 Å². The van der Waals surface area contributed by atoms with E-state index in [2.05, 4.69) is 30.5 Å². The average Bonchev–Trinajstić information content (AvgIpc) is 2.77. The van der Waals surface area contributed by atoms with E-state index in [4.69, 9.17) is 0 Å². The van der Waals surface area contributed by atoms with Crippen LogP contribution in [-0.4, -0.2) is 5.11 Å². The van der Waals surface area contributed by atoms with Gasteiger partial charge in [0.05, 0.1) is 0 Å². The number of aryl methyl sites for hydroxylation is 1. The summed E-state index contributed by atoms with van der Waals surface area (Å²) in [7, 11) is 0. The summed E-state index contributed by atoms with van der Waals surface area (Å²) >= 11 is 1.65. The van der Waals surface area contributed by atoms with Gasteiger partial charge >= 0.3 is 0 Å². The molecular formula is C15H18OS. The summed E-state index contributed by atoms with van der Waals surface area (Å²) < 4.78 is 0. The zero-order chi connectivity index (χ0) is 12.3. The molecule has 1 heterocycles. The lowest BCUT2D eigenvalue weighted by molar-refractivity contribution is 0.0359. The Morgan fingerprint density at radius 2 is 1.88 bits per heavy atom. The molecule has 0 saturated carbocycles. The summed E-state index contributed by atoms with van der Waals surface area (Å²) in [5.74, 6) is 0. The molecule has 0 aliphatic heterocycles. The summed E-state index contributed by atoms with van der Waals surface area (Å²) in [5, 5.41) is 12.9. The molecule has 1 aromatic heterocycles. The molecule has 2 rings (SSSR count). The van der Waals surface area contributed by atoms with Crippen molar-refractivity contribution in [3.63, 3.8) is 0 Å². The molecule has 0 radical (unpaired) electrons. The Hall–Kier alpha value is -1.12. The third kappa shape index (κ3) is 2.59. The fourth-order valence-electron chi connectivity index (χ4n) is 2.15. The van der Waals surface area contributed by atoms with Gasteiger partial charge in [-0.2, -0.15) is 0 Å². The van der Waals surface area contributed by atoms with Crippen molar-refractivity contribution in [2.75, 3.05) is 0 Å². The first-order valence-corrected chi connectivity index (χ1v) is 6.84. The van der Waals surface area contributed by atoms with Gasteiger partial charge in [-0.05, 0) is 35.9 Å². The smallest absolute Gasteiger partial charge is 0.103 e. The van der Waals surface area contributed by atoms with Crippen LogP contribution in [0.25, 0.3) is 0 Å². The van der Waals surface area contributed by atoms with Crippen molar-refractivity contribution < 1.29 is 5.11 Å². The van der Waals surface area contributed by atoms with E-state index in [0.29, 0.717) is 6.42 Å². The van der Waals surface area contributed by atoms with Gasteiger partial charge in [-0.15, -0.1) is 11.3 Å². The van der Waals surface area contributed by atoms with Crippen LogP contribution in [0.3, 0.4) is 0 Å². The monoisotopic (exact) mass is 246 g/mol. The molecule has 0 aliphatic rings. The van der Waals surface area contributed by atoms with Gasteiger partial charge in [0, 0.05) is 11.3 Å².